The summed E-state index contributed by atoms with van der Waals surface area (Å²) in [6.07, 6.45) is 0. The smallest absolute Gasteiger partial charge is 0.244 e. The van der Waals surface area contributed by atoms with Gasteiger partial charge in [-0.2, -0.15) is 0 Å². The number of likely N-dealkylation sites (N-methyl/N-ethyl adjacent to an activating group) is 1. The highest BCUT2D eigenvalue weighted by Gasteiger charge is 2.17. The molecule has 0 bridgehead atoms. The Morgan fingerprint density at radius 1 is 0.958 bits per heavy atom. The molecular formula is C21H22N2O. The summed E-state index contributed by atoms with van der Waals surface area (Å²) in [4.78, 5) is 14.3. The highest BCUT2D eigenvalue weighted by Crippen LogP contribution is 2.19. The predicted octanol–water partition coefficient (Wildman–Crippen LogP) is 4.30. The maximum absolute atomic E-state index is 12.6. The minimum Gasteiger partial charge on any atom is -0.374 e. The van der Waals surface area contributed by atoms with Gasteiger partial charge in [-0.05, 0) is 35.4 Å². The minimum absolute atomic E-state index is 0.0759. The second-order valence-corrected chi connectivity index (χ2v) is 6.11. The largest absolute Gasteiger partial charge is 0.374 e. The zero-order chi connectivity index (χ0) is 16.9. The van der Waals surface area contributed by atoms with E-state index in [1.807, 2.05) is 62.5 Å². The van der Waals surface area contributed by atoms with E-state index in [4.69, 9.17) is 0 Å². The van der Waals surface area contributed by atoms with Crippen LogP contribution in [-0.4, -0.2) is 23.9 Å². The number of rotatable bonds is 5. The molecule has 0 heterocycles. The van der Waals surface area contributed by atoms with Gasteiger partial charge in [0.25, 0.3) is 0 Å². The average molecular weight is 318 g/mol. The van der Waals surface area contributed by atoms with Gasteiger partial charge in [-0.25, -0.2) is 0 Å². The maximum Gasteiger partial charge on any atom is 0.244 e. The van der Waals surface area contributed by atoms with Crippen molar-refractivity contribution in [2.75, 3.05) is 12.4 Å². The van der Waals surface area contributed by atoms with Gasteiger partial charge in [0.1, 0.15) is 6.04 Å². The first kappa shape index (κ1) is 16.1. The van der Waals surface area contributed by atoms with Crippen molar-refractivity contribution in [1.82, 2.24) is 4.90 Å². The molecule has 0 fully saturated rings. The summed E-state index contributed by atoms with van der Waals surface area (Å²) >= 11 is 0. The van der Waals surface area contributed by atoms with E-state index in [0.29, 0.717) is 6.54 Å². The van der Waals surface area contributed by atoms with Crippen molar-refractivity contribution in [2.45, 2.75) is 19.5 Å². The van der Waals surface area contributed by atoms with E-state index >= 15 is 0 Å². The Morgan fingerprint density at radius 3 is 2.38 bits per heavy atom. The summed E-state index contributed by atoms with van der Waals surface area (Å²) in [7, 11) is 1.84. The van der Waals surface area contributed by atoms with Crippen molar-refractivity contribution in [3.05, 3.63) is 78.4 Å². The Kier molecular flexibility index (Phi) is 4.80. The van der Waals surface area contributed by atoms with Crippen LogP contribution in [0.3, 0.4) is 0 Å². The Hall–Kier alpha value is -2.81. The monoisotopic (exact) mass is 318 g/mol. The second-order valence-electron chi connectivity index (χ2n) is 6.11. The Bertz CT molecular complexity index is 829. The van der Waals surface area contributed by atoms with Crippen LogP contribution < -0.4 is 5.32 Å². The molecule has 0 aliphatic carbocycles. The molecule has 0 radical (unpaired) electrons. The van der Waals surface area contributed by atoms with Crippen LogP contribution in [0.25, 0.3) is 10.8 Å². The molecule has 0 spiro atoms. The van der Waals surface area contributed by atoms with Gasteiger partial charge in [0.2, 0.25) is 5.91 Å². The molecule has 0 aliphatic rings. The lowest BCUT2D eigenvalue weighted by Crippen LogP contribution is -2.38. The lowest BCUT2D eigenvalue weighted by Gasteiger charge is -2.23. The molecule has 122 valence electrons. The highest BCUT2D eigenvalue weighted by molar-refractivity contribution is 5.88. The number of carbonyl (C=O) groups is 1. The van der Waals surface area contributed by atoms with Crippen LogP contribution >= 0.6 is 0 Å². The number of carbonyl (C=O) groups excluding carboxylic acids is 1. The summed E-state index contributed by atoms with van der Waals surface area (Å²) < 4.78 is 0. The fourth-order valence-electron chi connectivity index (χ4n) is 2.86. The number of fused-ring (bicyclic) bond motifs is 1. The molecule has 1 atom stereocenters. The van der Waals surface area contributed by atoms with Gasteiger partial charge in [0.15, 0.2) is 0 Å². The molecule has 3 nitrogen and oxygen atoms in total. The molecule has 0 aromatic heterocycles. The molecule has 24 heavy (non-hydrogen) atoms. The molecule has 3 aromatic rings. The first-order valence-corrected chi connectivity index (χ1v) is 8.18. The SMILES string of the molecule is C[C@H](Nc1ccc2ccccc2c1)C(=O)N(C)Cc1ccccc1. The van der Waals surface area contributed by atoms with Crippen molar-refractivity contribution in [3.63, 3.8) is 0 Å². The van der Waals surface area contributed by atoms with E-state index in [0.717, 1.165) is 11.3 Å². The fraction of sp³-hybridized carbons (Fsp3) is 0.190. The first-order chi connectivity index (χ1) is 11.6. The van der Waals surface area contributed by atoms with Crippen LogP contribution in [0.15, 0.2) is 72.8 Å². The van der Waals surface area contributed by atoms with Crippen LogP contribution in [0.4, 0.5) is 5.69 Å². The molecule has 3 heteroatoms. The number of nitrogens with zero attached hydrogens (tertiary/aromatic N) is 1. The number of anilines is 1. The third kappa shape index (κ3) is 3.74. The summed E-state index contributed by atoms with van der Waals surface area (Å²) in [6, 6.07) is 24.1. The maximum atomic E-state index is 12.6. The van der Waals surface area contributed by atoms with E-state index in [1.165, 1.54) is 10.8 Å². The number of nitrogens with one attached hydrogen (secondary N) is 1. The van der Waals surface area contributed by atoms with Crippen molar-refractivity contribution in [1.29, 1.82) is 0 Å². The van der Waals surface area contributed by atoms with Crippen molar-refractivity contribution >= 4 is 22.4 Å². The van der Waals surface area contributed by atoms with Gasteiger partial charge in [0, 0.05) is 19.3 Å². The normalized spacial score (nSPS) is 11.9. The first-order valence-electron chi connectivity index (χ1n) is 8.18. The number of benzene rings is 3. The lowest BCUT2D eigenvalue weighted by atomic mass is 10.1. The molecule has 3 aromatic carbocycles. The molecule has 0 saturated carbocycles. The molecule has 3 rings (SSSR count). The van der Waals surface area contributed by atoms with E-state index in [-0.39, 0.29) is 11.9 Å². The van der Waals surface area contributed by atoms with E-state index < -0.39 is 0 Å². The predicted molar refractivity (Wildman–Crippen MR) is 99.9 cm³/mol. The third-order valence-electron chi connectivity index (χ3n) is 4.14. The Labute approximate surface area is 142 Å². The average Bonchev–Trinajstić information content (AvgIpc) is 2.61. The van der Waals surface area contributed by atoms with Crippen LogP contribution in [0.1, 0.15) is 12.5 Å². The van der Waals surface area contributed by atoms with Crippen LogP contribution in [0, 0.1) is 0 Å². The topological polar surface area (TPSA) is 32.3 Å². The van der Waals surface area contributed by atoms with Crippen molar-refractivity contribution in [3.8, 4) is 0 Å². The van der Waals surface area contributed by atoms with Gasteiger partial charge in [-0.3, -0.25) is 4.79 Å². The van der Waals surface area contributed by atoms with Gasteiger partial charge in [-0.1, -0.05) is 60.7 Å². The number of hydrogen-bond donors (Lipinski definition) is 1. The molecular weight excluding hydrogens is 296 g/mol. The van der Waals surface area contributed by atoms with Crippen molar-refractivity contribution in [2.24, 2.45) is 0 Å². The molecule has 1 N–H and O–H groups in total. The third-order valence-corrected chi connectivity index (χ3v) is 4.14. The van der Waals surface area contributed by atoms with E-state index in [9.17, 15) is 4.79 Å². The summed E-state index contributed by atoms with van der Waals surface area (Å²) in [5, 5.41) is 5.67. The second kappa shape index (κ2) is 7.18. The fourth-order valence-corrected chi connectivity index (χ4v) is 2.86. The quantitative estimate of drug-likeness (QED) is 0.761. The van der Waals surface area contributed by atoms with Crippen molar-refractivity contribution < 1.29 is 4.79 Å². The van der Waals surface area contributed by atoms with Crippen LogP contribution in [-0.2, 0) is 11.3 Å². The minimum atomic E-state index is -0.278. The van der Waals surface area contributed by atoms with E-state index in [1.54, 1.807) is 4.90 Å². The highest BCUT2D eigenvalue weighted by atomic mass is 16.2. The summed E-state index contributed by atoms with van der Waals surface area (Å²) in [5.74, 6) is 0.0759. The van der Waals surface area contributed by atoms with E-state index in [2.05, 4.69) is 29.6 Å². The standard InChI is InChI=1S/C21H22N2O/c1-16(21(24)23(2)15-17-8-4-3-5-9-17)22-20-13-12-18-10-6-7-11-19(18)14-20/h3-14,16,22H,15H2,1-2H3/t16-/m0/s1. The number of amides is 1. The van der Waals surface area contributed by atoms with Gasteiger partial charge >= 0.3 is 0 Å². The molecule has 0 saturated heterocycles. The van der Waals surface area contributed by atoms with Gasteiger partial charge in [-0.15, -0.1) is 0 Å². The van der Waals surface area contributed by atoms with Crippen LogP contribution in [0.2, 0.25) is 0 Å². The molecule has 0 aliphatic heterocycles. The lowest BCUT2D eigenvalue weighted by molar-refractivity contribution is -0.130. The molecule has 0 unspecified atom stereocenters. The van der Waals surface area contributed by atoms with Gasteiger partial charge < -0.3 is 10.2 Å². The molecule has 1 amide bonds. The Balaban J connectivity index is 1.66. The Morgan fingerprint density at radius 2 is 1.62 bits per heavy atom. The van der Waals surface area contributed by atoms with Crippen LogP contribution in [0.5, 0.6) is 0 Å². The summed E-state index contributed by atoms with van der Waals surface area (Å²) in [5.41, 5.74) is 2.09. The zero-order valence-corrected chi connectivity index (χ0v) is 14.1. The zero-order valence-electron chi connectivity index (χ0n) is 14.1. The number of hydrogen-bond acceptors (Lipinski definition) is 2. The summed E-state index contributed by atoms with van der Waals surface area (Å²) in [6.45, 7) is 2.52. The van der Waals surface area contributed by atoms with Gasteiger partial charge in [0.05, 0.1) is 0 Å².